The van der Waals surface area contributed by atoms with Crippen LogP contribution in [0.1, 0.15) is 0 Å². The number of ether oxygens (including phenoxy) is 1. The van der Waals surface area contributed by atoms with Crippen LogP contribution in [-0.4, -0.2) is 32.9 Å². The molecule has 138 valence electrons. The highest BCUT2D eigenvalue weighted by Crippen LogP contribution is 2.35. The number of carbonyl (C=O) groups excluding carboxylic acids is 1. The average Bonchev–Trinajstić information content (AvgIpc) is 2.59. The fourth-order valence-electron chi connectivity index (χ4n) is 2.16. The maximum absolute atomic E-state index is 13.0. The molecule has 2 aromatic carbocycles. The van der Waals surface area contributed by atoms with E-state index in [1.807, 2.05) is 0 Å². The number of primary amides is 1. The van der Waals surface area contributed by atoms with Gasteiger partial charge in [0.05, 0.1) is 16.9 Å². The second-order valence-electron chi connectivity index (χ2n) is 5.05. The number of hydrogen-bond acceptors (Lipinski definition) is 6. The van der Waals surface area contributed by atoms with E-state index in [2.05, 4.69) is 0 Å². The van der Waals surface area contributed by atoms with Crippen molar-refractivity contribution in [2.24, 2.45) is 5.73 Å². The van der Waals surface area contributed by atoms with Crippen LogP contribution in [0.3, 0.4) is 0 Å². The second-order valence-corrected chi connectivity index (χ2v) is 7.34. The van der Waals surface area contributed by atoms with Crippen LogP contribution in [0.15, 0.2) is 47.4 Å². The first-order chi connectivity index (χ1) is 12.2. The number of benzene rings is 2. The van der Waals surface area contributed by atoms with Crippen molar-refractivity contribution in [2.45, 2.75) is 4.90 Å². The number of non-ortho nitro benzene ring substituents is 1. The summed E-state index contributed by atoms with van der Waals surface area (Å²) in [7, 11) is -3.00. The summed E-state index contributed by atoms with van der Waals surface area (Å²) in [6, 6.07) is 8.60. The van der Waals surface area contributed by atoms with Gasteiger partial charge in [-0.05, 0) is 30.3 Å². The smallest absolute Gasteiger partial charge is 0.271 e. The van der Waals surface area contributed by atoms with Gasteiger partial charge in [0, 0.05) is 17.2 Å². The molecule has 11 heteroatoms. The topological polar surface area (TPSA) is 133 Å². The van der Waals surface area contributed by atoms with E-state index in [9.17, 15) is 23.3 Å². The molecule has 0 spiro atoms. The molecule has 0 aliphatic heterocycles. The molecule has 0 bridgehead atoms. The third-order valence-corrected chi connectivity index (χ3v) is 5.37. The molecule has 0 aliphatic rings. The Kier molecular flexibility index (Phi) is 5.68. The first kappa shape index (κ1) is 19.5. The Morgan fingerprint density at radius 3 is 2.38 bits per heavy atom. The third kappa shape index (κ3) is 4.03. The molecular weight excluding hydrogens is 386 g/mol. The molecule has 26 heavy (non-hydrogen) atoms. The van der Waals surface area contributed by atoms with Crippen molar-refractivity contribution >= 4 is 38.9 Å². The van der Waals surface area contributed by atoms with Gasteiger partial charge in [-0.1, -0.05) is 11.6 Å². The minimum atomic E-state index is -4.27. The van der Waals surface area contributed by atoms with Crippen LogP contribution in [0, 0.1) is 10.1 Å². The standard InChI is InChI=1S/C15H14ClN3O6S/c1-25-14-7-4-11(19(21)22)8-13(14)18(9-15(17)20)26(23,24)12-5-2-10(16)3-6-12/h2-8H,9H2,1H3,(H2,17,20). The predicted octanol–water partition coefficient (Wildman–Crippen LogP) is 1.94. The van der Waals surface area contributed by atoms with Crippen LogP contribution in [0.25, 0.3) is 0 Å². The summed E-state index contributed by atoms with van der Waals surface area (Å²) in [6.45, 7) is -0.734. The minimum absolute atomic E-state index is 0.0226. The van der Waals surface area contributed by atoms with E-state index in [0.29, 0.717) is 9.33 Å². The number of carbonyl (C=O) groups is 1. The number of nitro groups is 1. The normalized spacial score (nSPS) is 11.0. The number of methoxy groups -OCH3 is 1. The molecule has 2 aromatic rings. The van der Waals surface area contributed by atoms with E-state index >= 15 is 0 Å². The number of hydrogen-bond donors (Lipinski definition) is 1. The number of nitrogens with two attached hydrogens (primary N) is 1. The van der Waals surface area contributed by atoms with Gasteiger partial charge in [0.15, 0.2) is 0 Å². The number of anilines is 1. The molecule has 0 heterocycles. The van der Waals surface area contributed by atoms with E-state index in [0.717, 1.165) is 12.1 Å². The lowest BCUT2D eigenvalue weighted by Gasteiger charge is -2.24. The van der Waals surface area contributed by atoms with Gasteiger partial charge < -0.3 is 10.5 Å². The van der Waals surface area contributed by atoms with Crippen LogP contribution < -0.4 is 14.8 Å². The summed E-state index contributed by atoms with van der Waals surface area (Å²) < 4.78 is 31.7. The maximum Gasteiger partial charge on any atom is 0.271 e. The third-order valence-electron chi connectivity index (χ3n) is 3.34. The Balaban J connectivity index is 2.68. The lowest BCUT2D eigenvalue weighted by molar-refractivity contribution is -0.384. The average molecular weight is 400 g/mol. The van der Waals surface area contributed by atoms with Crippen LogP contribution in [-0.2, 0) is 14.8 Å². The van der Waals surface area contributed by atoms with Crippen LogP contribution in [0.4, 0.5) is 11.4 Å². The van der Waals surface area contributed by atoms with Crippen molar-refractivity contribution in [1.29, 1.82) is 0 Å². The van der Waals surface area contributed by atoms with Crippen molar-refractivity contribution < 1.29 is 22.9 Å². The summed E-state index contributed by atoms with van der Waals surface area (Å²) in [5.74, 6) is -0.925. The van der Waals surface area contributed by atoms with Gasteiger partial charge in [-0.2, -0.15) is 0 Å². The molecular formula is C15H14ClN3O6S. The number of rotatable bonds is 7. The minimum Gasteiger partial charge on any atom is -0.495 e. The van der Waals surface area contributed by atoms with Gasteiger partial charge in [0.1, 0.15) is 18.0 Å². The molecule has 0 aliphatic carbocycles. The summed E-state index contributed by atoms with van der Waals surface area (Å²) in [5, 5.41) is 11.4. The van der Waals surface area contributed by atoms with E-state index in [1.165, 1.54) is 37.4 Å². The lowest BCUT2D eigenvalue weighted by Crippen LogP contribution is -2.38. The largest absolute Gasteiger partial charge is 0.495 e. The van der Waals surface area contributed by atoms with Gasteiger partial charge in [-0.3, -0.25) is 19.2 Å². The molecule has 2 N–H and O–H groups in total. The highest BCUT2D eigenvalue weighted by molar-refractivity contribution is 7.92. The summed E-state index contributed by atoms with van der Waals surface area (Å²) in [5.41, 5.74) is 4.62. The zero-order valence-electron chi connectivity index (χ0n) is 13.5. The summed E-state index contributed by atoms with van der Waals surface area (Å²) in [4.78, 5) is 21.6. The van der Waals surface area contributed by atoms with E-state index in [4.69, 9.17) is 22.1 Å². The fraction of sp³-hybridized carbons (Fsp3) is 0.133. The van der Waals surface area contributed by atoms with E-state index < -0.39 is 27.4 Å². The first-order valence-electron chi connectivity index (χ1n) is 7.06. The number of amides is 1. The quantitative estimate of drug-likeness (QED) is 0.558. The Bertz CT molecular complexity index is 946. The van der Waals surface area contributed by atoms with Gasteiger partial charge in [-0.15, -0.1) is 0 Å². The predicted molar refractivity (Wildman–Crippen MR) is 94.8 cm³/mol. The molecule has 2 rings (SSSR count). The molecule has 0 radical (unpaired) electrons. The zero-order chi connectivity index (χ0) is 19.5. The summed E-state index contributed by atoms with van der Waals surface area (Å²) >= 11 is 5.77. The number of sulfonamides is 1. The monoisotopic (exact) mass is 399 g/mol. The maximum atomic E-state index is 13.0. The highest BCUT2D eigenvalue weighted by atomic mass is 35.5. The van der Waals surface area contributed by atoms with Crippen molar-refractivity contribution in [3.8, 4) is 5.75 Å². The van der Waals surface area contributed by atoms with Gasteiger partial charge in [0.25, 0.3) is 15.7 Å². The number of nitrogens with zero attached hydrogens (tertiary/aromatic N) is 2. The molecule has 9 nitrogen and oxygen atoms in total. The Labute approximate surface area is 154 Å². The van der Waals surface area contributed by atoms with Crippen molar-refractivity contribution in [3.63, 3.8) is 0 Å². The van der Waals surface area contributed by atoms with Crippen LogP contribution in [0.2, 0.25) is 5.02 Å². The highest BCUT2D eigenvalue weighted by Gasteiger charge is 2.30. The van der Waals surface area contributed by atoms with Crippen LogP contribution in [0.5, 0.6) is 5.75 Å². The van der Waals surface area contributed by atoms with Gasteiger partial charge >= 0.3 is 0 Å². The first-order valence-corrected chi connectivity index (χ1v) is 8.87. The van der Waals surface area contributed by atoms with Crippen LogP contribution >= 0.6 is 11.6 Å². The fourth-order valence-corrected chi connectivity index (χ4v) is 3.72. The molecule has 0 unspecified atom stereocenters. The van der Waals surface area contributed by atoms with Crippen molar-refractivity contribution in [3.05, 3.63) is 57.6 Å². The molecule has 0 aromatic heterocycles. The SMILES string of the molecule is COc1ccc([N+](=O)[O-])cc1N(CC(N)=O)S(=O)(=O)c1ccc(Cl)cc1. The molecule has 0 saturated heterocycles. The van der Waals surface area contributed by atoms with Crippen molar-refractivity contribution in [1.82, 2.24) is 0 Å². The Morgan fingerprint density at radius 2 is 1.88 bits per heavy atom. The Morgan fingerprint density at radius 1 is 1.27 bits per heavy atom. The van der Waals surface area contributed by atoms with E-state index in [1.54, 1.807) is 0 Å². The molecule has 0 saturated carbocycles. The number of halogens is 1. The van der Waals surface area contributed by atoms with Crippen molar-refractivity contribution in [2.75, 3.05) is 18.0 Å². The van der Waals surface area contributed by atoms with Gasteiger partial charge in [0.2, 0.25) is 5.91 Å². The molecule has 0 atom stereocenters. The Hall–Kier alpha value is -2.85. The van der Waals surface area contributed by atoms with E-state index in [-0.39, 0.29) is 22.0 Å². The second kappa shape index (κ2) is 7.58. The van der Waals surface area contributed by atoms with Gasteiger partial charge in [-0.25, -0.2) is 8.42 Å². The zero-order valence-corrected chi connectivity index (χ0v) is 15.0. The summed E-state index contributed by atoms with van der Waals surface area (Å²) in [6.07, 6.45) is 0. The lowest BCUT2D eigenvalue weighted by atomic mass is 10.2. The molecule has 0 fully saturated rings. The molecule has 1 amide bonds. The number of nitro benzene ring substituents is 1.